The summed E-state index contributed by atoms with van der Waals surface area (Å²) in [6, 6.07) is 0.693. The first kappa shape index (κ1) is 23.5. The van der Waals surface area contributed by atoms with E-state index in [9.17, 15) is 4.79 Å². The van der Waals surface area contributed by atoms with E-state index in [1.165, 1.54) is 64.9 Å². The molecule has 4 fully saturated rings. The fourth-order valence-electron chi connectivity index (χ4n) is 9.35. The first-order chi connectivity index (χ1) is 14.8. The Kier molecular flexibility index (Phi) is 7.09. The second kappa shape index (κ2) is 9.33. The molecule has 4 saturated carbocycles. The van der Waals surface area contributed by atoms with Crippen LogP contribution in [0.4, 0.5) is 0 Å². The molecule has 4 rings (SSSR count). The van der Waals surface area contributed by atoms with Gasteiger partial charge in [-0.25, -0.2) is 0 Å². The molecular weight excluding hydrogens is 384 g/mol. The smallest absolute Gasteiger partial charge is 0.305 e. The van der Waals surface area contributed by atoms with Crippen LogP contribution in [0.1, 0.15) is 91.4 Å². The van der Waals surface area contributed by atoms with Gasteiger partial charge in [-0.3, -0.25) is 4.79 Å². The van der Waals surface area contributed by atoms with Gasteiger partial charge in [-0.15, -0.1) is 0 Å². The van der Waals surface area contributed by atoms with Gasteiger partial charge in [0.2, 0.25) is 0 Å². The number of esters is 1. The van der Waals surface area contributed by atoms with E-state index in [0.717, 1.165) is 49.1 Å². The van der Waals surface area contributed by atoms with Crippen molar-refractivity contribution in [3.8, 4) is 0 Å². The van der Waals surface area contributed by atoms with E-state index >= 15 is 0 Å². The number of nitrogens with two attached hydrogens (primary N) is 1. The van der Waals surface area contributed by atoms with Crippen molar-refractivity contribution in [1.29, 1.82) is 0 Å². The molecule has 178 valence electrons. The molecule has 0 amide bonds. The number of hydrogen-bond donors (Lipinski definition) is 2. The van der Waals surface area contributed by atoms with Crippen LogP contribution in [0.2, 0.25) is 0 Å². The van der Waals surface area contributed by atoms with Crippen LogP contribution in [0.3, 0.4) is 0 Å². The van der Waals surface area contributed by atoms with Gasteiger partial charge in [-0.05, 0) is 111 Å². The molecule has 4 nitrogen and oxygen atoms in total. The topological polar surface area (TPSA) is 64.3 Å². The zero-order valence-electron chi connectivity index (χ0n) is 20.6. The van der Waals surface area contributed by atoms with Crippen molar-refractivity contribution in [2.45, 2.75) is 97.4 Å². The summed E-state index contributed by atoms with van der Waals surface area (Å²) in [5.74, 6) is 5.04. The standard InChI is InChI=1S/C27H48N2O2/c1-18(5-10-25(30)31-4)22-8-9-23-21-7-6-19-17-20(29-16-15-28)11-13-26(19,2)24(21)12-14-27(22,23)3/h18-24,29H,5-17,28H2,1-4H3/t18?,19-,20+,21?,22?,23?,24?,26+,27?/m1/s1. The van der Waals surface area contributed by atoms with Crippen LogP contribution in [0.25, 0.3) is 0 Å². The van der Waals surface area contributed by atoms with Crippen LogP contribution in [0.15, 0.2) is 0 Å². The van der Waals surface area contributed by atoms with Crippen molar-refractivity contribution in [1.82, 2.24) is 5.32 Å². The molecule has 0 aliphatic heterocycles. The molecule has 0 saturated heterocycles. The Labute approximate surface area is 190 Å². The Balaban J connectivity index is 1.43. The van der Waals surface area contributed by atoms with Crippen LogP contribution < -0.4 is 11.1 Å². The SMILES string of the molecule is COC(=O)CCC(C)C1CCC2C3CC[C@@H]4C[C@@H](NCCN)CC[C@]4(C)C3CCC12C. The number of carbonyl (C=O) groups excluding carboxylic acids is 1. The third kappa shape index (κ3) is 4.21. The second-order valence-electron chi connectivity index (χ2n) is 12.2. The second-order valence-corrected chi connectivity index (χ2v) is 12.2. The molecular formula is C27H48N2O2. The summed E-state index contributed by atoms with van der Waals surface area (Å²) in [6.07, 6.45) is 14.2. The molecule has 0 heterocycles. The normalized spacial score (nSPS) is 45.3. The van der Waals surface area contributed by atoms with E-state index in [1.54, 1.807) is 0 Å². The highest BCUT2D eigenvalue weighted by Gasteiger charge is 2.60. The lowest BCUT2D eigenvalue weighted by molar-refractivity contribution is -0.141. The fourth-order valence-corrected chi connectivity index (χ4v) is 9.35. The van der Waals surface area contributed by atoms with Gasteiger partial charge in [0.1, 0.15) is 0 Å². The number of fused-ring (bicyclic) bond motifs is 5. The minimum Gasteiger partial charge on any atom is -0.469 e. The number of ether oxygens (including phenoxy) is 1. The molecule has 0 aromatic heterocycles. The average molecular weight is 433 g/mol. The molecule has 0 aromatic carbocycles. The summed E-state index contributed by atoms with van der Waals surface area (Å²) in [7, 11) is 1.51. The molecule has 0 spiro atoms. The Bertz CT molecular complexity index is 639. The highest BCUT2D eigenvalue weighted by molar-refractivity contribution is 5.69. The number of rotatable bonds is 7. The minimum absolute atomic E-state index is 0.0435. The molecule has 0 bridgehead atoms. The summed E-state index contributed by atoms with van der Waals surface area (Å²) < 4.78 is 4.91. The third-order valence-corrected chi connectivity index (χ3v) is 11.0. The zero-order chi connectivity index (χ0) is 22.2. The van der Waals surface area contributed by atoms with Gasteiger partial charge in [-0.2, -0.15) is 0 Å². The fraction of sp³-hybridized carbons (Fsp3) is 0.963. The lowest BCUT2D eigenvalue weighted by Gasteiger charge is -2.61. The van der Waals surface area contributed by atoms with Crippen LogP contribution in [-0.4, -0.2) is 32.2 Å². The predicted molar refractivity (Wildman–Crippen MR) is 126 cm³/mol. The Morgan fingerprint density at radius 1 is 1.06 bits per heavy atom. The highest BCUT2D eigenvalue weighted by atomic mass is 16.5. The van der Waals surface area contributed by atoms with Crippen molar-refractivity contribution in [3.63, 3.8) is 0 Å². The van der Waals surface area contributed by atoms with Crippen LogP contribution in [-0.2, 0) is 9.53 Å². The van der Waals surface area contributed by atoms with Crippen molar-refractivity contribution in [2.24, 2.45) is 52.1 Å². The lowest BCUT2D eigenvalue weighted by atomic mass is 9.44. The van der Waals surface area contributed by atoms with Crippen LogP contribution >= 0.6 is 0 Å². The van der Waals surface area contributed by atoms with E-state index in [-0.39, 0.29) is 5.97 Å². The number of methoxy groups -OCH3 is 1. The van der Waals surface area contributed by atoms with Gasteiger partial charge in [0.25, 0.3) is 0 Å². The van der Waals surface area contributed by atoms with E-state index in [1.807, 2.05) is 0 Å². The molecule has 0 radical (unpaired) electrons. The van der Waals surface area contributed by atoms with Gasteiger partial charge in [0.15, 0.2) is 0 Å². The minimum atomic E-state index is -0.0435. The van der Waals surface area contributed by atoms with Crippen molar-refractivity contribution >= 4 is 5.97 Å². The summed E-state index contributed by atoms with van der Waals surface area (Å²) in [4.78, 5) is 11.7. The molecule has 3 N–H and O–H groups in total. The Hall–Kier alpha value is -0.610. The molecule has 9 atom stereocenters. The van der Waals surface area contributed by atoms with Gasteiger partial charge in [0.05, 0.1) is 7.11 Å². The van der Waals surface area contributed by atoms with E-state index in [0.29, 0.717) is 29.2 Å². The first-order valence-electron chi connectivity index (χ1n) is 13.3. The third-order valence-electron chi connectivity index (χ3n) is 11.0. The molecule has 4 aliphatic carbocycles. The Morgan fingerprint density at radius 2 is 1.81 bits per heavy atom. The zero-order valence-corrected chi connectivity index (χ0v) is 20.6. The molecule has 6 unspecified atom stereocenters. The highest BCUT2D eigenvalue weighted by Crippen LogP contribution is 2.68. The quantitative estimate of drug-likeness (QED) is 0.546. The van der Waals surface area contributed by atoms with Crippen molar-refractivity contribution in [3.05, 3.63) is 0 Å². The maximum atomic E-state index is 11.7. The summed E-state index contributed by atoms with van der Waals surface area (Å²) in [6.45, 7) is 9.42. The number of hydrogen-bond acceptors (Lipinski definition) is 4. The van der Waals surface area contributed by atoms with Crippen LogP contribution in [0.5, 0.6) is 0 Å². The van der Waals surface area contributed by atoms with Gasteiger partial charge < -0.3 is 15.8 Å². The monoisotopic (exact) mass is 432 g/mol. The summed E-state index contributed by atoms with van der Waals surface area (Å²) >= 11 is 0. The largest absolute Gasteiger partial charge is 0.469 e. The summed E-state index contributed by atoms with van der Waals surface area (Å²) in [5, 5.41) is 3.72. The van der Waals surface area contributed by atoms with E-state index < -0.39 is 0 Å². The van der Waals surface area contributed by atoms with E-state index in [2.05, 4.69) is 26.1 Å². The molecule has 4 heteroatoms. The van der Waals surface area contributed by atoms with Gasteiger partial charge >= 0.3 is 5.97 Å². The van der Waals surface area contributed by atoms with E-state index in [4.69, 9.17) is 10.5 Å². The number of nitrogens with one attached hydrogen (secondary N) is 1. The molecule has 4 aliphatic rings. The van der Waals surface area contributed by atoms with Gasteiger partial charge in [0, 0.05) is 25.6 Å². The van der Waals surface area contributed by atoms with Gasteiger partial charge in [-0.1, -0.05) is 20.8 Å². The first-order valence-corrected chi connectivity index (χ1v) is 13.3. The van der Waals surface area contributed by atoms with Crippen molar-refractivity contribution < 1.29 is 9.53 Å². The predicted octanol–water partition coefficient (Wildman–Crippen LogP) is 5.15. The summed E-state index contributed by atoms with van der Waals surface area (Å²) in [5.41, 5.74) is 6.78. The maximum Gasteiger partial charge on any atom is 0.305 e. The van der Waals surface area contributed by atoms with Crippen LogP contribution in [0, 0.1) is 46.3 Å². The number of carbonyl (C=O) groups is 1. The maximum absolute atomic E-state index is 11.7. The van der Waals surface area contributed by atoms with Crippen molar-refractivity contribution in [2.75, 3.05) is 20.2 Å². The Morgan fingerprint density at radius 3 is 2.55 bits per heavy atom. The average Bonchev–Trinajstić information content (AvgIpc) is 3.13. The molecule has 0 aromatic rings. The lowest BCUT2D eigenvalue weighted by Crippen LogP contribution is -2.55. The molecule has 31 heavy (non-hydrogen) atoms.